The van der Waals surface area contributed by atoms with E-state index in [4.69, 9.17) is 0 Å². The summed E-state index contributed by atoms with van der Waals surface area (Å²) in [5.74, 6) is -0.0475. The molecule has 29 heavy (non-hydrogen) atoms. The van der Waals surface area contributed by atoms with Crippen molar-refractivity contribution in [1.29, 1.82) is 0 Å². The quantitative estimate of drug-likeness (QED) is 0.143. The van der Waals surface area contributed by atoms with Crippen molar-refractivity contribution in [3.8, 4) is 0 Å². The average Bonchev–Trinajstić information content (AvgIpc) is 2.67. The van der Waals surface area contributed by atoms with Gasteiger partial charge in [-0.2, -0.15) is 0 Å². The molecule has 0 rings (SSSR count). The van der Waals surface area contributed by atoms with Crippen LogP contribution in [0.5, 0.6) is 0 Å². The normalized spacial score (nSPS) is 14.1. The lowest BCUT2D eigenvalue weighted by molar-refractivity contribution is -0.299. The highest BCUT2D eigenvalue weighted by atomic mass is 16.4. The minimum atomic E-state index is -1.04. The Hall–Kier alpha value is -0.790. The minimum Gasteiger partial charge on any atom is -0.545 e. The van der Waals surface area contributed by atoms with E-state index in [1.54, 1.807) is 6.92 Å². The Morgan fingerprint density at radius 2 is 1.10 bits per heavy atom. The van der Waals surface area contributed by atoms with Gasteiger partial charge in [-0.3, -0.25) is 0 Å². The molecule has 2 atom stereocenters. The molecule has 0 radical (unpaired) electrons. The van der Waals surface area contributed by atoms with Gasteiger partial charge >= 0.3 is 0 Å². The fourth-order valence-electron chi connectivity index (χ4n) is 4.36. The Kier molecular flexibility index (Phi) is 19.9. The van der Waals surface area contributed by atoms with Crippen LogP contribution in [0, 0.1) is 11.8 Å². The molecule has 2 heteroatoms. The van der Waals surface area contributed by atoms with Gasteiger partial charge in [0.2, 0.25) is 0 Å². The maximum atomic E-state index is 10.8. The van der Waals surface area contributed by atoms with Crippen molar-refractivity contribution in [2.45, 2.75) is 143 Å². The lowest BCUT2D eigenvalue weighted by Crippen LogP contribution is -2.23. The number of aliphatic carboxylic acids is 1. The third-order valence-corrected chi connectivity index (χ3v) is 6.18. The fraction of sp³-hybridized carbons (Fsp3) is 0.889. The molecule has 0 fully saturated rings. The van der Waals surface area contributed by atoms with Crippen LogP contribution < -0.4 is 5.11 Å². The standard InChI is InChI=1S/C27H52O2/c1-5-6-7-8-9-10-11-12-13-14-15-16-17-18-19-20-21-24(2)22-25(3)23-26(4)27(28)29/h23-25H,5-22H2,1-4H3,(H,28,29)/p-1/b26-23+/t24-,25-/m0/s1. The van der Waals surface area contributed by atoms with E-state index in [9.17, 15) is 9.90 Å². The Labute approximate surface area is 182 Å². The molecule has 0 saturated carbocycles. The van der Waals surface area contributed by atoms with Gasteiger partial charge in [0.1, 0.15) is 0 Å². The smallest absolute Gasteiger partial charge is 0.0668 e. The monoisotopic (exact) mass is 407 g/mol. The van der Waals surface area contributed by atoms with Crippen LogP contribution in [0.1, 0.15) is 143 Å². The molecule has 0 unspecified atom stereocenters. The molecular weight excluding hydrogens is 356 g/mol. The average molecular weight is 408 g/mol. The van der Waals surface area contributed by atoms with Gasteiger partial charge in [0, 0.05) is 0 Å². The first-order valence-corrected chi connectivity index (χ1v) is 12.9. The number of carbonyl (C=O) groups is 1. The third kappa shape index (κ3) is 20.3. The zero-order valence-electron chi connectivity index (χ0n) is 20.3. The summed E-state index contributed by atoms with van der Waals surface area (Å²) in [5.41, 5.74) is 0.368. The Bertz CT molecular complexity index is 399. The van der Waals surface area contributed by atoms with Crippen LogP contribution in [0.4, 0.5) is 0 Å². The van der Waals surface area contributed by atoms with Gasteiger partial charge < -0.3 is 9.90 Å². The number of allylic oxidation sites excluding steroid dienone is 1. The summed E-state index contributed by atoms with van der Waals surface area (Å²) in [5, 5.41) is 10.8. The van der Waals surface area contributed by atoms with Crippen molar-refractivity contribution in [2.24, 2.45) is 11.8 Å². The van der Waals surface area contributed by atoms with Gasteiger partial charge in [-0.15, -0.1) is 0 Å². The van der Waals surface area contributed by atoms with Crippen LogP contribution in [0.15, 0.2) is 11.6 Å². The summed E-state index contributed by atoms with van der Waals surface area (Å²) in [6.07, 6.45) is 26.8. The predicted molar refractivity (Wildman–Crippen MR) is 126 cm³/mol. The largest absolute Gasteiger partial charge is 0.545 e. The highest BCUT2D eigenvalue weighted by Gasteiger charge is 2.07. The number of hydrogen-bond donors (Lipinski definition) is 0. The van der Waals surface area contributed by atoms with E-state index in [1.807, 2.05) is 6.08 Å². The SMILES string of the molecule is CCCCCCCCCCCCCCCCCC[C@H](C)C[C@H](C)/C=C(\C)C(=O)[O-]. The van der Waals surface area contributed by atoms with E-state index in [-0.39, 0.29) is 0 Å². The fourth-order valence-corrected chi connectivity index (χ4v) is 4.36. The van der Waals surface area contributed by atoms with E-state index in [2.05, 4.69) is 20.8 Å². The number of rotatable bonds is 21. The van der Waals surface area contributed by atoms with Gasteiger partial charge in [-0.05, 0) is 30.8 Å². The highest BCUT2D eigenvalue weighted by Crippen LogP contribution is 2.21. The van der Waals surface area contributed by atoms with Crippen molar-refractivity contribution in [1.82, 2.24) is 0 Å². The van der Waals surface area contributed by atoms with E-state index >= 15 is 0 Å². The van der Waals surface area contributed by atoms with Gasteiger partial charge in [0.25, 0.3) is 0 Å². The first-order valence-electron chi connectivity index (χ1n) is 12.9. The summed E-state index contributed by atoms with van der Waals surface area (Å²) >= 11 is 0. The molecule has 0 aliphatic carbocycles. The molecule has 0 aromatic heterocycles. The number of carbonyl (C=O) groups excluding carboxylic acids is 1. The highest BCUT2D eigenvalue weighted by molar-refractivity contribution is 5.83. The van der Waals surface area contributed by atoms with Crippen LogP contribution in [-0.4, -0.2) is 5.97 Å². The molecule has 2 nitrogen and oxygen atoms in total. The van der Waals surface area contributed by atoms with Gasteiger partial charge in [0.15, 0.2) is 0 Å². The first-order chi connectivity index (χ1) is 14.0. The molecule has 0 bridgehead atoms. The second-order valence-corrected chi connectivity index (χ2v) is 9.55. The van der Waals surface area contributed by atoms with Crippen LogP contribution >= 0.6 is 0 Å². The van der Waals surface area contributed by atoms with Crippen LogP contribution in [0.2, 0.25) is 0 Å². The maximum absolute atomic E-state index is 10.8. The molecule has 0 amide bonds. The van der Waals surface area contributed by atoms with E-state index < -0.39 is 5.97 Å². The predicted octanol–water partition coefficient (Wildman–Crippen LogP) is 8.00. The maximum Gasteiger partial charge on any atom is 0.0668 e. The molecule has 0 aliphatic rings. The molecule has 172 valence electrons. The molecule has 0 aromatic rings. The third-order valence-electron chi connectivity index (χ3n) is 6.18. The van der Waals surface area contributed by atoms with Crippen molar-refractivity contribution in [3.05, 3.63) is 11.6 Å². The molecule has 0 N–H and O–H groups in total. The topological polar surface area (TPSA) is 40.1 Å². The van der Waals surface area contributed by atoms with E-state index in [0.717, 1.165) is 6.42 Å². The molecule has 0 aliphatic heterocycles. The van der Waals surface area contributed by atoms with E-state index in [1.165, 1.54) is 109 Å². The molecule has 0 heterocycles. The summed E-state index contributed by atoms with van der Waals surface area (Å²) in [6, 6.07) is 0. The molecule has 0 spiro atoms. The summed E-state index contributed by atoms with van der Waals surface area (Å²) in [6.45, 7) is 8.32. The van der Waals surface area contributed by atoms with Crippen LogP contribution in [-0.2, 0) is 4.79 Å². The number of unbranched alkanes of at least 4 members (excludes halogenated alkanes) is 15. The Morgan fingerprint density at radius 3 is 1.48 bits per heavy atom. The Morgan fingerprint density at radius 1 is 0.724 bits per heavy atom. The summed E-state index contributed by atoms with van der Waals surface area (Å²) in [7, 11) is 0. The Balaban J connectivity index is 3.34. The van der Waals surface area contributed by atoms with Crippen LogP contribution in [0.3, 0.4) is 0 Å². The zero-order valence-corrected chi connectivity index (χ0v) is 20.3. The molecule has 0 saturated heterocycles. The van der Waals surface area contributed by atoms with Crippen molar-refractivity contribution in [3.63, 3.8) is 0 Å². The lowest BCUT2D eigenvalue weighted by Gasteiger charge is -2.15. The van der Waals surface area contributed by atoms with Crippen LogP contribution in [0.25, 0.3) is 0 Å². The second-order valence-electron chi connectivity index (χ2n) is 9.55. The number of carboxylic acids is 1. The van der Waals surface area contributed by atoms with Crippen molar-refractivity contribution >= 4 is 5.97 Å². The van der Waals surface area contributed by atoms with Crippen molar-refractivity contribution < 1.29 is 9.90 Å². The van der Waals surface area contributed by atoms with Crippen molar-refractivity contribution in [2.75, 3.05) is 0 Å². The lowest BCUT2D eigenvalue weighted by atomic mass is 9.91. The van der Waals surface area contributed by atoms with Gasteiger partial charge in [-0.25, -0.2) is 0 Å². The second kappa shape index (κ2) is 20.5. The number of hydrogen-bond acceptors (Lipinski definition) is 2. The van der Waals surface area contributed by atoms with Gasteiger partial charge in [-0.1, -0.05) is 136 Å². The molecule has 0 aromatic carbocycles. The number of carboxylic acid groups (broad SMARTS) is 1. The first kappa shape index (κ1) is 28.2. The minimum absolute atomic E-state index is 0.323. The summed E-state index contributed by atoms with van der Waals surface area (Å²) < 4.78 is 0. The molecular formula is C27H51O2-. The van der Waals surface area contributed by atoms with Gasteiger partial charge in [0.05, 0.1) is 5.97 Å². The zero-order chi connectivity index (χ0) is 21.7. The summed E-state index contributed by atoms with van der Waals surface area (Å²) in [4.78, 5) is 10.8. The van der Waals surface area contributed by atoms with E-state index in [0.29, 0.717) is 17.4 Å².